The summed E-state index contributed by atoms with van der Waals surface area (Å²) in [6.07, 6.45) is 3.09. The highest BCUT2D eigenvalue weighted by atomic mass is 27.2. The van der Waals surface area contributed by atoms with E-state index in [9.17, 15) is 0 Å². The van der Waals surface area contributed by atoms with Gasteiger partial charge in [-0.15, -0.1) is 0 Å². The van der Waals surface area contributed by atoms with Gasteiger partial charge in [0.2, 0.25) is 0 Å². The molecule has 0 N–H and O–H groups in total. The molecule has 71 valence electrons. The molecule has 0 spiro atoms. The van der Waals surface area contributed by atoms with Crippen LogP contribution in [-0.2, 0) is 7.58 Å². The molecule has 1 radical (unpaired) electrons. The van der Waals surface area contributed by atoms with Crippen LogP contribution in [0.1, 0.15) is 33.1 Å². The molecule has 0 atom stereocenters. The normalized spacial score (nSPS) is 10.2. The summed E-state index contributed by atoms with van der Waals surface area (Å²) >= 11 is -1.33. The van der Waals surface area contributed by atoms with E-state index in [0.29, 0.717) is 0 Å². The van der Waals surface area contributed by atoms with Crippen molar-refractivity contribution in [2.45, 2.75) is 38.4 Å². The maximum atomic E-state index is 5.61. The van der Waals surface area contributed by atoms with Crippen LogP contribution in [0, 0.1) is 6.92 Å². The van der Waals surface area contributed by atoms with E-state index >= 15 is 0 Å². The van der Waals surface area contributed by atoms with Crippen molar-refractivity contribution in [3.63, 3.8) is 0 Å². The van der Waals surface area contributed by atoms with Gasteiger partial charge in [0.25, 0.3) is 0 Å². The van der Waals surface area contributed by atoms with Gasteiger partial charge in [0.05, 0.1) is 0 Å². The standard InChI is InChI=1S/2C3H7O.C3H6.Al/c2*1-2-3-4;1-3-2;/h2*2-3H2,1H3;1-3H2;/q2*-1;;+2. The minimum atomic E-state index is -1.33. The van der Waals surface area contributed by atoms with E-state index in [-0.39, 0.29) is 0 Å². The number of rotatable bonds is 8. The Balaban J connectivity index is 3.40. The van der Waals surface area contributed by atoms with Gasteiger partial charge in [-0.3, -0.25) is 0 Å². The third-order valence-corrected chi connectivity index (χ3v) is 3.55. The number of hydrogen-bond acceptors (Lipinski definition) is 2. The van der Waals surface area contributed by atoms with Crippen LogP contribution in [-0.4, -0.2) is 28.0 Å². The smallest absolute Gasteiger partial charge is 0.478 e. The fourth-order valence-electron chi connectivity index (χ4n) is 0.880. The van der Waals surface area contributed by atoms with E-state index in [0.717, 1.165) is 37.8 Å². The molecule has 0 saturated carbocycles. The van der Waals surface area contributed by atoms with E-state index in [1.807, 2.05) is 0 Å². The maximum absolute atomic E-state index is 5.61. The van der Waals surface area contributed by atoms with Gasteiger partial charge in [-0.05, 0) is 18.1 Å². The van der Waals surface area contributed by atoms with Crippen molar-refractivity contribution in [3.8, 4) is 0 Å². The Hall–Kier alpha value is 0.452. The van der Waals surface area contributed by atoms with Crippen molar-refractivity contribution >= 4 is 14.8 Å². The van der Waals surface area contributed by atoms with Crippen molar-refractivity contribution in [3.05, 3.63) is 6.92 Å². The second kappa shape index (κ2) is 9.54. The van der Waals surface area contributed by atoms with Crippen LogP contribution in [0.25, 0.3) is 0 Å². The van der Waals surface area contributed by atoms with E-state index < -0.39 is 14.8 Å². The first-order valence-electron chi connectivity index (χ1n) is 4.87. The largest absolute Gasteiger partial charge is 0.674 e. The predicted molar refractivity (Wildman–Crippen MR) is 53.0 cm³/mol. The molecule has 0 fully saturated rings. The van der Waals surface area contributed by atoms with Crippen LogP contribution >= 0.6 is 0 Å². The minimum absolute atomic E-state index is 0.848. The summed E-state index contributed by atoms with van der Waals surface area (Å²) in [6, 6.07) is 0. The first kappa shape index (κ1) is 12.5. The Morgan fingerprint density at radius 1 is 1.08 bits per heavy atom. The van der Waals surface area contributed by atoms with Crippen molar-refractivity contribution < 1.29 is 7.58 Å². The Bertz CT molecular complexity index is 80.6. The van der Waals surface area contributed by atoms with E-state index in [1.54, 1.807) is 0 Å². The molecule has 0 saturated heterocycles. The Morgan fingerprint density at radius 3 is 1.92 bits per heavy atom. The summed E-state index contributed by atoms with van der Waals surface area (Å²) in [6.45, 7) is 9.75. The lowest BCUT2D eigenvalue weighted by atomic mass is 10.5. The lowest BCUT2D eigenvalue weighted by molar-refractivity contribution is 0.196. The Kier molecular flexibility index (Phi) is 9.90. The van der Waals surface area contributed by atoms with E-state index in [4.69, 9.17) is 7.58 Å². The average molecular weight is 187 g/mol. The average Bonchev–Trinajstić information content (AvgIpc) is 2.10. The summed E-state index contributed by atoms with van der Waals surface area (Å²) in [7, 11) is 0. The minimum Gasteiger partial charge on any atom is -0.478 e. The van der Waals surface area contributed by atoms with Gasteiger partial charge >= 0.3 is 14.8 Å². The molecule has 3 heteroatoms. The van der Waals surface area contributed by atoms with Crippen molar-refractivity contribution in [1.29, 1.82) is 0 Å². The molecule has 0 unspecified atom stereocenters. The van der Waals surface area contributed by atoms with Gasteiger partial charge in [-0.25, -0.2) is 0 Å². The molecular weight excluding hydrogens is 167 g/mol. The van der Waals surface area contributed by atoms with Crippen LogP contribution in [0.15, 0.2) is 0 Å². The zero-order valence-electron chi connectivity index (χ0n) is 8.34. The zero-order valence-corrected chi connectivity index (χ0v) is 9.50. The highest BCUT2D eigenvalue weighted by Crippen LogP contribution is 2.02. The molecule has 0 heterocycles. The molecular formula is C9H20AlO2. The first-order chi connectivity index (χ1) is 5.85. The Morgan fingerprint density at radius 2 is 1.58 bits per heavy atom. The zero-order chi connectivity index (χ0) is 9.23. The summed E-state index contributed by atoms with van der Waals surface area (Å²) in [5.74, 6) is 0. The SMILES string of the molecule is [CH2]C[CH2][Al]([O]CCC)[O]CCC. The van der Waals surface area contributed by atoms with E-state index in [2.05, 4.69) is 20.8 Å². The van der Waals surface area contributed by atoms with Gasteiger partial charge in [0, 0.05) is 13.2 Å². The molecule has 12 heavy (non-hydrogen) atoms. The van der Waals surface area contributed by atoms with Crippen LogP contribution in [0.3, 0.4) is 0 Å². The van der Waals surface area contributed by atoms with Gasteiger partial charge < -0.3 is 7.58 Å². The molecule has 0 aliphatic carbocycles. The molecule has 2 nitrogen and oxygen atoms in total. The monoisotopic (exact) mass is 187 g/mol. The van der Waals surface area contributed by atoms with Crippen LogP contribution in [0.4, 0.5) is 0 Å². The third kappa shape index (κ3) is 7.12. The highest BCUT2D eigenvalue weighted by Gasteiger charge is 2.22. The van der Waals surface area contributed by atoms with Crippen LogP contribution in [0.5, 0.6) is 0 Å². The summed E-state index contributed by atoms with van der Waals surface area (Å²) < 4.78 is 11.2. The second-order valence-corrected chi connectivity index (χ2v) is 4.92. The van der Waals surface area contributed by atoms with Crippen molar-refractivity contribution in [2.24, 2.45) is 0 Å². The molecule has 0 aromatic heterocycles. The first-order valence-corrected chi connectivity index (χ1v) is 6.63. The summed E-state index contributed by atoms with van der Waals surface area (Å²) in [5.41, 5.74) is 0. The van der Waals surface area contributed by atoms with Crippen LogP contribution in [0.2, 0.25) is 5.28 Å². The topological polar surface area (TPSA) is 18.5 Å². The van der Waals surface area contributed by atoms with Gasteiger partial charge in [-0.1, -0.05) is 27.2 Å². The van der Waals surface area contributed by atoms with Crippen LogP contribution < -0.4 is 0 Å². The molecule has 0 aliphatic heterocycles. The maximum Gasteiger partial charge on any atom is 0.674 e. The van der Waals surface area contributed by atoms with Gasteiger partial charge in [0.15, 0.2) is 0 Å². The fraction of sp³-hybridized carbons (Fsp3) is 0.889. The predicted octanol–water partition coefficient (Wildman–Crippen LogP) is 2.55. The molecule has 0 aromatic rings. The second-order valence-electron chi connectivity index (χ2n) is 2.81. The highest BCUT2D eigenvalue weighted by molar-refractivity contribution is 6.44. The van der Waals surface area contributed by atoms with Gasteiger partial charge in [0.1, 0.15) is 0 Å². The van der Waals surface area contributed by atoms with Gasteiger partial charge in [-0.2, -0.15) is 0 Å². The van der Waals surface area contributed by atoms with Crippen molar-refractivity contribution in [1.82, 2.24) is 0 Å². The number of hydrogen-bond donors (Lipinski definition) is 0. The molecule has 0 amide bonds. The summed E-state index contributed by atoms with van der Waals surface area (Å²) in [5, 5.41) is 1.04. The molecule has 0 bridgehead atoms. The third-order valence-electron chi connectivity index (χ3n) is 1.46. The summed E-state index contributed by atoms with van der Waals surface area (Å²) in [4.78, 5) is 0. The quantitative estimate of drug-likeness (QED) is 0.544. The Labute approximate surface area is 81.3 Å². The van der Waals surface area contributed by atoms with E-state index in [1.165, 1.54) is 0 Å². The molecule has 0 rings (SSSR count). The lowest BCUT2D eigenvalue weighted by Gasteiger charge is -2.11. The fourth-order valence-corrected chi connectivity index (χ4v) is 2.64. The molecule has 0 aromatic carbocycles. The lowest BCUT2D eigenvalue weighted by Crippen LogP contribution is -2.23. The molecule has 0 aliphatic rings. The van der Waals surface area contributed by atoms with Crippen molar-refractivity contribution in [2.75, 3.05) is 13.2 Å².